The topological polar surface area (TPSA) is 38.9 Å². The smallest absolute Gasteiger partial charge is 0.126 e. The van der Waals surface area contributed by atoms with Crippen LogP contribution in [0.2, 0.25) is 0 Å². The molecule has 2 aromatic rings. The summed E-state index contributed by atoms with van der Waals surface area (Å²) < 4.78 is 13.4. The summed E-state index contributed by atoms with van der Waals surface area (Å²) in [7, 11) is 0. The van der Waals surface area contributed by atoms with E-state index in [-0.39, 0.29) is 11.9 Å². The summed E-state index contributed by atoms with van der Waals surface area (Å²) in [4.78, 5) is 4.19. The Morgan fingerprint density at radius 2 is 1.82 bits per heavy atom. The molecule has 0 saturated heterocycles. The van der Waals surface area contributed by atoms with Gasteiger partial charge in [0.15, 0.2) is 0 Å². The number of aromatic nitrogens is 1. The Morgan fingerprint density at radius 3 is 2.41 bits per heavy atom. The van der Waals surface area contributed by atoms with E-state index >= 15 is 0 Å². The highest BCUT2D eigenvalue weighted by Crippen LogP contribution is 2.21. The second kappa shape index (κ2) is 4.63. The highest BCUT2D eigenvalue weighted by Gasteiger charge is 2.10. The summed E-state index contributed by atoms with van der Waals surface area (Å²) in [6.07, 6.45) is 1.73. The van der Waals surface area contributed by atoms with E-state index in [1.165, 1.54) is 6.07 Å². The van der Waals surface area contributed by atoms with Crippen LogP contribution in [0.5, 0.6) is 0 Å². The van der Waals surface area contributed by atoms with Crippen molar-refractivity contribution in [1.29, 1.82) is 0 Å². The van der Waals surface area contributed by atoms with Gasteiger partial charge >= 0.3 is 0 Å². The minimum Gasteiger partial charge on any atom is -0.320 e. The fourth-order valence-corrected chi connectivity index (χ4v) is 1.66. The molecule has 1 heterocycles. The molecule has 3 heteroatoms. The summed E-state index contributed by atoms with van der Waals surface area (Å²) in [6.45, 7) is 3.65. The molecular formula is C14H15FN2. The lowest BCUT2D eigenvalue weighted by Crippen LogP contribution is -2.12. The molecule has 0 saturated carbocycles. The van der Waals surface area contributed by atoms with Crippen LogP contribution in [0.1, 0.15) is 28.4 Å². The molecule has 2 N–H and O–H groups in total. The maximum absolute atomic E-state index is 13.4. The van der Waals surface area contributed by atoms with Crippen LogP contribution in [-0.2, 0) is 0 Å². The van der Waals surface area contributed by atoms with Crippen molar-refractivity contribution < 1.29 is 4.39 Å². The van der Waals surface area contributed by atoms with Crippen LogP contribution >= 0.6 is 0 Å². The van der Waals surface area contributed by atoms with Crippen molar-refractivity contribution in [2.24, 2.45) is 5.73 Å². The minimum absolute atomic E-state index is 0.224. The number of halogens is 1. The van der Waals surface area contributed by atoms with Gasteiger partial charge in [0, 0.05) is 11.9 Å². The van der Waals surface area contributed by atoms with Crippen molar-refractivity contribution in [3.05, 3.63) is 64.7 Å². The first-order chi connectivity index (χ1) is 8.08. The van der Waals surface area contributed by atoms with Crippen LogP contribution in [-0.4, -0.2) is 4.98 Å². The predicted octanol–water partition coefficient (Wildman–Crippen LogP) is 2.89. The average Bonchev–Trinajstić information content (AvgIpc) is 2.33. The highest BCUT2D eigenvalue weighted by atomic mass is 19.1. The van der Waals surface area contributed by atoms with Gasteiger partial charge in [0.1, 0.15) is 5.82 Å². The number of aryl methyl sites for hydroxylation is 2. The van der Waals surface area contributed by atoms with E-state index in [1.54, 1.807) is 19.2 Å². The zero-order valence-electron chi connectivity index (χ0n) is 9.94. The van der Waals surface area contributed by atoms with Gasteiger partial charge in [-0.2, -0.15) is 0 Å². The Bertz CT molecular complexity index is 520. The zero-order valence-corrected chi connectivity index (χ0v) is 9.94. The lowest BCUT2D eigenvalue weighted by Gasteiger charge is -2.13. The number of rotatable bonds is 2. The number of hydrogen-bond acceptors (Lipinski definition) is 2. The molecule has 0 radical (unpaired) electrons. The normalized spacial score (nSPS) is 12.5. The van der Waals surface area contributed by atoms with Gasteiger partial charge in [-0.25, -0.2) is 4.39 Å². The van der Waals surface area contributed by atoms with E-state index in [0.717, 1.165) is 16.8 Å². The first-order valence-corrected chi connectivity index (χ1v) is 5.52. The molecule has 0 aliphatic rings. The summed E-state index contributed by atoms with van der Waals surface area (Å²) >= 11 is 0. The van der Waals surface area contributed by atoms with E-state index in [0.29, 0.717) is 5.56 Å². The molecule has 1 aromatic carbocycles. The number of benzene rings is 1. The van der Waals surface area contributed by atoms with Crippen molar-refractivity contribution in [3.8, 4) is 0 Å². The summed E-state index contributed by atoms with van der Waals surface area (Å²) in [5.74, 6) is -0.224. The Balaban J connectivity index is 2.33. The lowest BCUT2D eigenvalue weighted by molar-refractivity contribution is 0.614. The van der Waals surface area contributed by atoms with Gasteiger partial charge in [-0.05, 0) is 42.7 Å². The molecule has 1 atom stereocenters. The number of nitrogens with zero attached hydrogens (tertiary/aromatic N) is 1. The molecule has 0 bridgehead atoms. The molecule has 0 spiro atoms. The first-order valence-electron chi connectivity index (χ1n) is 5.52. The largest absolute Gasteiger partial charge is 0.320 e. The molecule has 1 aromatic heterocycles. The molecule has 17 heavy (non-hydrogen) atoms. The van der Waals surface area contributed by atoms with Crippen molar-refractivity contribution >= 4 is 0 Å². The highest BCUT2D eigenvalue weighted by molar-refractivity contribution is 5.32. The SMILES string of the molecule is Cc1ccc(C(N)c2ccc(C)c(F)c2)cn1. The van der Waals surface area contributed by atoms with E-state index in [2.05, 4.69) is 4.98 Å². The van der Waals surface area contributed by atoms with E-state index in [9.17, 15) is 4.39 Å². The quantitative estimate of drug-likeness (QED) is 0.861. The zero-order chi connectivity index (χ0) is 12.4. The van der Waals surface area contributed by atoms with E-state index < -0.39 is 0 Å². The molecule has 0 aliphatic carbocycles. The second-order valence-electron chi connectivity index (χ2n) is 4.22. The van der Waals surface area contributed by atoms with E-state index in [1.807, 2.05) is 25.1 Å². The van der Waals surface area contributed by atoms with Crippen LogP contribution in [0.3, 0.4) is 0 Å². The maximum atomic E-state index is 13.4. The molecular weight excluding hydrogens is 215 g/mol. The summed E-state index contributed by atoms with van der Waals surface area (Å²) in [5.41, 5.74) is 9.30. The molecule has 0 fully saturated rings. The van der Waals surface area contributed by atoms with Gasteiger partial charge in [-0.3, -0.25) is 4.98 Å². The van der Waals surface area contributed by atoms with Gasteiger partial charge in [-0.15, -0.1) is 0 Å². The van der Waals surface area contributed by atoms with Crippen molar-refractivity contribution in [3.63, 3.8) is 0 Å². The fourth-order valence-electron chi connectivity index (χ4n) is 1.66. The third-order valence-electron chi connectivity index (χ3n) is 2.85. The lowest BCUT2D eigenvalue weighted by atomic mass is 10.00. The second-order valence-corrected chi connectivity index (χ2v) is 4.22. The van der Waals surface area contributed by atoms with Crippen molar-refractivity contribution in [2.75, 3.05) is 0 Å². The molecule has 2 nitrogen and oxygen atoms in total. The van der Waals surface area contributed by atoms with E-state index in [4.69, 9.17) is 5.73 Å². The molecule has 88 valence electrons. The van der Waals surface area contributed by atoms with Gasteiger partial charge in [-0.1, -0.05) is 18.2 Å². The van der Waals surface area contributed by atoms with Gasteiger partial charge in [0.05, 0.1) is 6.04 Å². The predicted molar refractivity (Wildman–Crippen MR) is 66.1 cm³/mol. The number of pyridine rings is 1. The van der Waals surface area contributed by atoms with Gasteiger partial charge in [0.2, 0.25) is 0 Å². The Labute approximate surface area is 100 Å². The number of nitrogens with two attached hydrogens (primary N) is 1. The fraction of sp³-hybridized carbons (Fsp3) is 0.214. The molecule has 2 rings (SSSR count). The van der Waals surface area contributed by atoms with Gasteiger partial charge in [0.25, 0.3) is 0 Å². The van der Waals surface area contributed by atoms with Crippen LogP contribution in [0.4, 0.5) is 4.39 Å². The molecule has 0 amide bonds. The van der Waals surface area contributed by atoms with Crippen LogP contribution in [0.15, 0.2) is 36.5 Å². The van der Waals surface area contributed by atoms with Crippen LogP contribution in [0.25, 0.3) is 0 Å². The van der Waals surface area contributed by atoms with Gasteiger partial charge < -0.3 is 5.73 Å². The van der Waals surface area contributed by atoms with Crippen molar-refractivity contribution in [1.82, 2.24) is 4.98 Å². The first kappa shape index (κ1) is 11.7. The van der Waals surface area contributed by atoms with Crippen LogP contribution in [0, 0.1) is 19.7 Å². The third kappa shape index (κ3) is 2.50. The maximum Gasteiger partial charge on any atom is 0.126 e. The average molecular weight is 230 g/mol. The summed E-state index contributed by atoms with van der Waals surface area (Å²) in [6, 6.07) is 8.57. The standard InChI is InChI=1S/C14H15FN2/c1-9-3-5-11(7-13(9)15)14(16)12-6-4-10(2)17-8-12/h3-8,14H,16H2,1-2H3. The summed E-state index contributed by atoms with van der Waals surface area (Å²) in [5, 5.41) is 0. The van der Waals surface area contributed by atoms with Crippen molar-refractivity contribution in [2.45, 2.75) is 19.9 Å². The Morgan fingerprint density at radius 1 is 1.12 bits per heavy atom. The van der Waals surface area contributed by atoms with Crippen LogP contribution < -0.4 is 5.73 Å². The Kier molecular flexibility index (Phi) is 3.20. The third-order valence-corrected chi connectivity index (χ3v) is 2.85. The molecule has 0 aliphatic heterocycles. The Hall–Kier alpha value is -1.74. The number of hydrogen-bond donors (Lipinski definition) is 1. The minimum atomic E-state index is -0.335. The molecule has 1 unspecified atom stereocenters. The monoisotopic (exact) mass is 230 g/mol.